The summed E-state index contributed by atoms with van der Waals surface area (Å²) in [6.45, 7) is 6.45. The van der Waals surface area contributed by atoms with Gasteiger partial charge in [-0.3, -0.25) is 9.59 Å². The summed E-state index contributed by atoms with van der Waals surface area (Å²) in [7, 11) is 0. The number of oxime groups is 1. The first kappa shape index (κ1) is 28.8. The number of hydroxylamine groups is 2. The van der Waals surface area contributed by atoms with Gasteiger partial charge in [0.2, 0.25) is 0 Å². The molecular formula is C25H30N8O6S2. The van der Waals surface area contributed by atoms with E-state index in [-0.39, 0.29) is 42.1 Å². The van der Waals surface area contributed by atoms with Gasteiger partial charge >= 0.3 is 0 Å². The third-order valence-corrected chi connectivity index (χ3v) is 7.69. The molecule has 6 N–H and O–H groups in total. The SMILES string of the molecule is CC1(C)C(NC(=O)/C(=N\OCCOc2ccc3c(NCC4CNC4)nccc3c2)c2csc(N)n2)C(=O)N1OSO. The van der Waals surface area contributed by atoms with E-state index in [1.54, 1.807) is 25.4 Å². The van der Waals surface area contributed by atoms with Crippen molar-refractivity contribution >= 4 is 62.9 Å². The molecule has 2 aromatic heterocycles. The van der Waals surface area contributed by atoms with Crippen molar-refractivity contribution in [3.05, 3.63) is 41.5 Å². The van der Waals surface area contributed by atoms with E-state index in [0.29, 0.717) is 11.7 Å². The molecule has 0 aliphatic carbocycles. The highest BCUT2D eigenvalue weighted by Crippen LogP contribution is 2.33. The molecule has 0 radical (unpaired) electrons. The van der Waals surface area contributed by atoms with Crippen molar-refractivity contribution < 1.29 is 28.0 Å². The van der Waals surface area contributed by atoms with E-state index in [1.165, 1.54) is 0 Å². The average Bonchev–Trinajstić information content (AvgIpc) is 3.36. The highest BCUT2D eigenvalue weighted by atomic mass is 32.2. The first-order valence-electron chi connectivity index (χ1n) is 12.8. The van der Waals surface area contributed by atoms with Gasteiger partial charge in [-0.2, -0.15) is 9.35 Å². The lowest BCUT2D eigenvalue weighted by atomic mass is 9.84. The van der Waals surface area contributed by atoms with E-state index in [0.717, 1.165) is 52.6 Å². The van der Waals surface area contributed by atoms with Gasteiger partial charge in [0.1, 0.15) is 29.9 Å². The van der Waals surface area contributed by atoms with Crippen LogP contribution in [0.25, 0.3) is 10.8 Å². The van der Waals surface area contributed by atoms with Crippen molar-refractivity contribution in [1.82, 2.24) is 25.7 Å². The van der Waals surface area contributed by atoms with Gasteiger partial charge in [-0.25, -0.2) is 9.97 Å². The number of thiazole rings is 1. The molecule has 0 saturated carbocycles. The molecule has 218 valence electrons. The fourth-order valence-corrected chi connectivity index (χ4v) is 5.27. The molecule has 4 heterocycles. The van der Waals surface area contributed by atoms with E-state index in [2.05, 4.69) is 31.1 Å². The van der Waals surface area contributed by atoms with Gasteiger partial charge in [0, 0.05) is 42.5 Å². The number of nitrogens with two attached hydrogens (primary N) is 1. The number of pyridine rings is 1. The van der Waals surface area contributed by atoms with Crippen molar-refractivity contribution in [2.24, 2.45) is 11.1 Å². The number of nitrogens with zero attached hydrogens (tertiary/aromatic N) is 4. The van der Waals surface area contributed by atoms with E-state index in [9.17, 15) is 9.59 Å². The molecule has 5 rings (SSSR count). The zero-order chi connectivity index (χ0) is 29.0. The highest BCUT2D eigenvalue weighted by molar-refractivity contribution is 7.88. The molecular weight excluding hydrogens is 572 g/mol. The molecule has 41 heavy (non-hydrogen) atoms. The van der Waals surface area contributed by atoms with Crippen LogP contribution in [0.5, 0.6) is 5.75 Å². The lowest BCUT2D eigenvalue weighted by Crippen LogP contribution is -2.76. The lowest BCUT2D eigenvalue weighted by Gasteiger charge is -2.50. The Morgan fingerprint density at radius 2 is 2.17 bits per heavy atom. The number of β-lactam (4-membered cyclic amide) rings is 1. The molecule has 2 aliphatic heterocycles. The van der Waals surface area contributed by atoms with E-state index in [1.807, 2.05) is 24.3 Å². The van der Waals surface area contributed by atoms with Crippen molar-refractivity contribution in [3.63, 3.8) is 0 Å². The smallest absolute Gasteiger partial charge is 0.276 e. The fraction of sp³-hybridized carbons (Fsp3) is 0.400. The van der Waals surface area contributed by atoms with E-state index in [4.69, 9.17) is 24.1 Å². The molecule has 2 aliphatic rings. The van der Waals surface area contributed by atoms with Crippen LogP contribution < -0.4 is 26.4 Å². The maximum Gasteiger partial charge on any atom is 0.276 e. The maximum atomic E-state index is 13.1. The fourth-order valence-electron chi connectivity index (χ4n) is 4.39. The molecule has 3 aromatic rings. The van der Waals surface area contributed by atoms with Crippen LogP contribution in [0.4, 0.5) is 10.9 Å². The number of carbonyl (C=O) groups is 2. The highest BCUT2D eigenvalue weighted by Gasteiger charge is 2.57. The largest absolute Gasteiger partial charge is 0.490 e. The number of hydrogen-bond acceptors (Lipinski definition) is 14. The van der Waals surface area contributed by atoms with Crippen molar-refractivity contribution in [1.29, 1.82) is 0 Å². The van der Waals surface area contributed by atoms with Crippen molar-refractivity contribution in [2.45, 2.75) is 25.4 Å². The predicted octanol–water partition coefficient (Wildman–Crippen LogP) is 1.86. The first-order valence-corrected chi connectivity index (χ1v) is 14.4. The normalized spacial score (nSPS) is 18.5. The topological polar surface area (TPSA) is 186 Å². The summed E-state index contributed by atoms with van der Waals surface area (Å²) in [6.07, 6.45) is 1.76. The van der Waals surface area contributed by atoms with Gasteiger partial charge in [-0.1, -0.05) is 5.16 Å². The second kappa shape index (κ2) is 12.4. The Hall–Kier alpha value is -3.70. The van der Waals surface area contributed by atoms with Crippen LogP contribution >= 0.6 is 23.7 Å². The number of benzene rings is 1. The zero-order valence-electron chi connectivity index (χ0n) is 22.3. The Kier molecular flexibility index (Phi) is 8.74. The Morgan fingerprint density at radius 3 is 2.85 bits per heavy atom. The summed E-state index contributed by atoms with van der Waals surface area (Å²) in [5.41, 5.74) is 4.89. The molecule has 0 bridgehead atoms. The number of carbonyl (C=O) groups excluding carboxylic acids is 2. The van der Waals surface area contributed by atoms with Crippen LogP contribution in [0.15, 0.2) is 41.0 Å². The minimum atomic E-state index is -0.916. The first-order chi connectivity index (χ1) is 19.8. The van der Waals surface area contributed by atoms with Gasteiger partial charge < -0.3 is 35.8 Å². The molecule has 1 atom stereocenters. The van der Waals surface area contributed by atoms with Gasteiger partial charge in [-0.05, 0) is 43.5 Å². The molecule has 2 fully saturated rings. The monoisotopic (exact) mass is 602 g/mol. The number of anilines is 2. The number of amides is 2. The maximum absolute atomic E-state index is 13.1. The summed E-state index contributed by atoms with van der Waals surface area (Å²) < 4.78 is 19.6. The minimum absolute atomic E-state index is 0.0379. The number of ether oxygens (including phenoxy) is 1. The van der Waals surface area contributed by atoms with Crippen LogP contribution in [0.1, 0.15) is 19.5 Å². The molecule has 0 spiro atoms. The van der Waals surface area contributed by atoms with Crippen molar-refractivity contribution in [2.75, 3.05) is 43.9 Å². The van der Waals surface area contributed by atoms with Gasteiger partial charge in [-0.15, -0.1) is 11.3 Å². The Morgan fingerprint density at radius 1 is 1.34 bits per heavy atom. The Balaban J connectivity index is 1.18. The third-order valence-electron chi connectivity index (χ3n) is 6.80. The van der Waals surface area contributed by atoms with Crippen LogP contribution in [-0.4, -0.2) is 81.5 Å². The molecule has 14 nitrogen and oxygen atoms in total. The van der Waals surface area contributed by atoms with Gasteiger partial charge in [0.15, 0.2) is 29.8 Å². The van der Waals surface area contributed by atoms with Crippen molar-refractivity contribution in [3.8, 4) is 5.75 Å². The third kappa shape index (κ3) is 6.31. The standard InChI is InChI=1S/C25H30N8O6S2/c1-25(2)20(23(35)33(25)39-41-36)31-22(34)19(18-13-40-24(26)30-18)32-38-8-7-37-16-3-4-17-15(9-16)5-6-28-21(17)29-12-14-10-27-11-14/h3-6,9,13-14,20,27,36H,7-8,10-12H2,1-2H3,(H2,26,30)(H,28,29)(H,31,34)/b32-19-. The second-order valence-corrected chi connectivity index (χ2v) is 11.2. The number of nitrogen functional groups attached to an aromatic ring is 1. The zero-order valence-corrected chi connectivity index (χ0v) is 24.0. The predicted molar refractivity (Wildman–Crippen MR) is 155 cm³/mol. The number of aromatic nitrogens is 2. The number of nitrogens with one attached hydrogen (secondary N) is 3. The van der Waals surface area contributed by atoms with Gasteiger partial charge in [0.25, 0.3) is 11.8 Å². The quantitative estimate of drug-likeness (QED) is 0.0630. The molecule has 1 unspecified atom stereocenters. The van der Waals surface area contributed by atoms with E-state index < -0.39 is 23.4 Å². The van der Waals surface area contributed by atoms with Crippen LogP contribution in [0.3, 0.4) is 0 Å². The van der Waals surface area contributed by atoms with E-state index >= 15 is 0 Å². The lowest BCUT2D eigenvalue weighted by molar-refractivity contribution is -0.214. The second-order valence-electron chi connectivity index (χ2n) is 9.98. The number of hydrogen-bond donors (Lipinski definition) is 5. The van der Waals surface area contributed by atoms with Crippen LogP contribution in [0, 0.1) is 5.92 Å². The van der Waals surface area contributed by atoms with Crippen LogP contribution in [-0.2, 0) is 18.7 Å². The Labute approximate surface area is 244 Å². The summed E-state index contributed by atoms with van der Waals surface area (Å²) >= 11 is 1.18. The summed E-state index contributed by atoms with van der Waals surface area (Å²) in [4.78, 5) is 39.5. The Bertz CT molecular complexity index is 1450. The van der Waals surface area contributed by atoms with Crippen LogP contribution in [0.2, 0.25) is 0 Å². The average molecular weight is 603 g/mol. The molecule has 1 aromatic carbocycles. The minimum Gasteiger partial charge on any atom is -0.490 e. The summed E-state index contributed by atoms with van der Waals surface area (Å²) in [5.74, 6) is 0.891. The molecule has 16 heteroatoms. The number of rotatable bonds is 13. The number of fused-ring (bicyclic) bond motifs is 1. The van der Waals surface area contributed by atoms with Gasteiger partial charge in [0.05, 0.1) is 5.54 Å². The summed E-state index contributed by atoms with van der Waals surface area (Å²) in [5, 5.41) is 18.1. The molecule has 2 saturated heterocycles. The summed E-state index contributed by atoms with van der Waals surface area (Å²) in [6, 6.07) is 6.75. The molecule has 2 amide bonds.